The van der Waals surface area contributed by atoms with Gasteiger partial charge in [0.2, 0.25) is 5.76 Å². The molecule has 1 fully saturated rings. The Hall–Kier alpha value is -1.62. The number of nitrogens with one attached hydrogen (secondary N) is 1. The van der Waals surface area contributed by atoms with Gasteiger partial charge in [-0.1, -0.05) is 34.1 Å². The molecule has 1 saturated carbocycles. The third-order valence-electron chi connectivity index (χ3n) is 3.92. The number of amides is 1. The topological polar surface area (TPSA) is 55.1 Å². The molecule has 1 N–H and O–H groups in total. The fourth-order valence-corrected chi connectivity index (χ4v) is 3.29. The van der Waals surface area contributed by atoms with E-state index in [0.29, 0.717) is 23.3 Å². The Labute approximate surface area is 138 Å². The van der Waals surface area contributed by atoms with Crippen molar-refractivity contribution in [3.8, 4) is 0 Å². The van der Waals surface area contributed by atoms with E-state index in [4.69, 9.17) is 4.42 Å². The first-order chi connectivity index (χ1) is 10.4. The van der Waals surface area contributed by atoms with Gasteiger partial charge in [0.05, 0.1) is 11.2 Å². The van der Waals surface area contributed by atoms with Crippen molar-refractivity contribution in [3.05, 3.63) is 51.6 Å². The highest BCUT2D eigenvalue weighted by Crippen LogP contribution is 2.40. The van der Waals surface area contributed by atoms with Crippen LogP contribution >= 0.6 is 15.9 Å². The second-order valence-corrected chi connectivity index (χ2v) is 7.15. The van der Waals surface area contributed by atoms with Gasteiger partial charge in [-0.25, -0.2) is 4.98 Å². The van der Waals surface area contributed by atoms with Crippen molar-refractivity contribution >= 4 is 21.8 Å². The monoisotopic (exact) mass is 362 g/mol. The van der Waals surface area contributed by atoms with Gasteiger partial charge in [-0.3, -0.25) is 4.79 Å². The van der Waals surface area contributed by atoms with Crippen LogP contribution < -0.4 is 5.32 Å². The van der Waals surface area contributed by atoms with Crippen LogP contribution in [0.1, 0.15) is 60.3 Å². The third-order valence-corrected chi connectivity index (χ3v) is 4.61. The third kappa shape index (κ3) is 2.95. The smallest absolute Gasteiger partial charge is 0.289 e. The van der Waals surface area contributed by atoms with Gasteiger partial charge in [-0.15, -0.1) is 0 Å². The lowest BCUT2D eigenvalue weighted by Gasteiger charge is -2.27. The van der Waals surface area contributed by atoms with Crippen molar-refractivity contribution in [1.82, 2.24) is 10.3 Å². The van der Waals surface area contributed by atoms with E-state index in [-0.39, 0.29) is 5.91 Å². The second-order valence-electron chi connectivity index (χ2n) is 6.30. The molecule has 0 bridgehead atoms. The van der Waals surface area contributed by atoms with Crippen molar-refractivity contribution in [2.75, 3.05) is 0 Å². The fraction of sp³-hybridized carbons (Fsp3) is 0.412. The van der Waals surface area contributed by atoms with Crippen LogP contribution in [0.25, 0.3) is 0 Å². The molecule has 116 valence electrons. The molecule has 1 aliphatic rings. The summed E-state index contributed by atoms with van der Waals surface area (Å²) in [6, 6.07) is 7.87. The molecule has 0 aliphatic heterocycles. The molecule has 1 aromatic heterocycles. The quantitative estimate of drug-likeness (QED) is 0.882. The molecule has 0 unspecified atom stereocenters. The van der Waals surface area contributed by atoms with Crippen LogP contribution in [0.2, 0.25) is 0 Å². The van der Waals surface area contributed by atoms with E-state index in [9.17, 15) is 4.79 Å². The number of hydrogen-bond donors (Lipinski definition) is 1. The number of hydrogen-bond acceptors (Lipinski definition) is 3. The summed E-state index contributed by atoms with van der Waals surface area (Å²) in [4.78, 5) is 16.9. The second kappa shape index (κ2) is 5.54. The maximum absolute atomic E-state index is 12.6. The molecule has 1 amide bonds. The van der Waals surface area contributed by atoms with E-state index >= 15 is 0 Å². The Morgan fingerprint density at radius 1 is 1.36 bits per heavy atom. The van der Waals surface area contributed by atoms with Gasteiger partial charge in [0.15, 0.2) is 5.89 Å². The summed E-state index contributed by atoms with van der Waals surface area (Å²) in [7, 11) is 0. The van der Waals surface area contributed by atoms with Crippen LogP contribution in [0.4, 0.5) is 0 Å². The minimum atomic E-state index is -0.518. The van der Waals surface area contributed by atoms with Gasteiger partial charge in [0.1, 0.15) is 0 Å². The first-order valence-corrected chi connectivity index (χ1v) is 8.22. The summed E-state index contributed by atoms with van der Waals surface area (Å²) in [5.74, 6) is 1.19. The molecule has 3 rings (SSSR count). The van der Waals surface area contributed by atoms with Gasteiger partial charge >= 0.3 is 0 Å². The SMILES string of the molecule is Cc1nc(C2CC2)oc1C(=O)NC(C)(C)c1ccccc1Br. The standard InChI is InChI=1S/C17H19BrN2O2/c1-10-14(22-16(19-10)11-8-9-11)15(21)20-17(2,3)12-6-4-5-7-13(12)18/h4-7,11H,8-9H2,1-3H3,(H,20,21). The van der Waals surface area contributed by atoms with Crippen LogP contribution in [-0.2, 0) is 5.54 Å². The maximum Gasteiger partial charge on any atom is 0.289 e. The van der Waals surface area contributed by atoms with Crippen molar-refractivity contribution in [2.45, 2.75) is 45.1 Å². The number of oxazole rings is 1. The summed E-state index contributed by atoms with van der Waals surface area (Å²) in [6.45, 7) is 5.76. The lowest BCUT2D eigenvalue weighted by Crippen LogP contribution is -2.41. The molecule has 0 atom stereocenters. The molecular weight excluding hydrogens is 344 g/mol. The fourth-order valence-electron chi connectivity index (χ4n) is 2.51. The molecule has 2 aromatic rings. The van der Waals surface area contributed by atoms with Crippen molar-refractivity contribution in [2.24, 2.45) is 0 Å². The number of aromatic nitrogens is 1. The van der Waals surface area contributed by atoms with Gasteiger partial charge in [0, 0.05) is 10.4 Å². The average molecular weight is 363 g/mol. The zero-order valence-electron chi connectivity index (χ0n) is 12.9. The number of benzene rings is 1. The number of rotatable bonds is 4. The first kappa shape index (κ1) is 15.3. The molecule has 1 aliphatic carbocycles. The van der Waals surface area contributed by atoms with Gasteiger partial charge < -0.3 is 9.73 Å². The molecule has 0 radical (unpaired) electrons. The first-order valence-electron chi connectivity index (χ1n) is 7.43. The molecule has 1 heterocycles. The van der Waals surface area contributed by atoms with Crippen LogP contribution in [0.5, 0.6) is 0 Å². The maximum atomic E-state index is 12.6. The van der Waals surface area contributed by atoms with E-state index in [1.165, 1.54) is 0 Å². The Morgan fingerprint density at radius 2 is 2.05 bits per heavy atom. The highest BCUT2D eigenvalue weighted by molar-refractivity contribution is 9.10. The van der Waals surface area contributed by atoms with Crippen LogP contribution in [0.15, 0.2) is 33.2 Å². The van der Waals surface area contributed by atoms with Gasteiger partial charge in [-0.05, 0) is 45.2 Å². The van der Waals surface area contributed by atoms with Gasteiger partial charge in [0.25, 0.3) is 5.91 Å². The summed E-state index contributed by atoms with van der Waals surface area (Å²) in [5.41, 5.74) is 1.15. The minimum absolute atomic E-state index is 0.224. The number of nitrogens with zero attached hydrogens (tertiary/aromatic N) is 1. The summed E-state index contributed by atoms with van der Waals surface area (Å²) in [6.07, 6.45) is 2.20. The average Bonchev–Trinajstić information content (AvgIpc) is 3.21. The molecule has 0 spiro atoms. The largest absolute Gasteiger partial charge is 0.435 e. The normalized spacial score (nSPS) is 14.9. The zero-order chi connectivity index (χ0) is 15.9. The number of carbonyl (C=O) groups is 1. The lowest BCUT2D eigenvalue weighted by atomic mass is 9.94. The van der Waals surface area contributed by atoms with E-state index in [1.54, 1.807) is 0 Å². The van der Waals surface area contributed by atoms with E-state index < -0.39 is 5.54 Å². The molecular formula is C17H19BrN2O2. The van der Waals surface area contributed by atoms with Crippen LogP contribution in [0.3, 0.4) is 0 Å². The van der Waals surface area contributed by atoms with E-state index in [0.717, 1.165) is 22.9 Å². The molecule has 5 heteroatoms. The van der Waals surface area contributed by atoms with Crippen molar-refractivity contribution in [1.29, 1.82) is 0 Å². The summed E-state index contributed by atoms with van der Waals surface area (Å²) >= 11 is 3.54. The minimum Gasteiger partial charge on any atom is -0.435 e. The lowest BCUT2D eigenvalue weighted by molar-refractivity contribution is 0.0880. The van der Waals surface area contributed by atoms with E-state index in [1.807, 2.05) is 45.0 Å². The molecule has 22 heavy (non-hydrogen) atoms. The molecule has 1 aromatic carbocycles. The zero-order valence-corrected chi connectivity index (χ0v) is 14.5. The van der Waals surface area contributed by atoms with Crippen LogP contribution in [0, 0.1) is 6.92 Å². The summed E-state index contributed by atoms with van der Waals surface area (Å²) in [5, 5.41) is 3.04. The number of aryl methyl sites for hydroxylation is 1. The van der Waals surface area contributed by atoms with Crippen molar-refractivity contribution < 1.29 is 9.21 Å². The Bertz CT molecular complexity index is 717. The molecule has 4 nitrogen and oxygen atoms in total. The Kier molecular flexibility index (Phi) is 3.85. The number of halogens is 1. The molecule has 0 saturated heterocycles. The number of carbonyl (C=O) groups excluding carboxylic acids is 1. The Balaban J connectivity index is 1.82. The van der Waals surface area contributed by atoms with E-state index in [2.05, 4.69) is 26.2 Å². The summed E-state index contributed by atoms with van der Waals surface area (Å²) < 4.78 is 6.64. The highest BCUT2D eigenvalue weighted by Gasteiger charge is 2.32. The van der Waals surface area contributed by atoms with Crippen molar-refractivity contribution in [3.63, 3.8) is 0 Å². The van der Waals surface area contributed by atoms with Crippen LogP contribution in [-0.4, -0.2) is 10.9 Å². The van der Waals surface area contributed by atoms with Gasteiger partial charge in [-0.2, -0.15) is 0 Å². The highest BCUT2D eigenvalue weighted by atomic mass is 79.9. The predicted molar refractivity (Wildman–Crippen MR) is 87.8 cm³/mol. The Morgan fingerprint density at radius 3 is 2.68 bits per heavy atom. The predicted octanol–water partition coefficient (Wildman–Crippen LogP) is 4.29.